The Morgan fingerprint density at radius 1 is 0.978 bits per heavy atom. The molecule has 0 aromatic heterocycles. The number of imide groups is 2. The number of nitrogens with zero attached hydrogens (tertiary/aromatic N) is 2. The zero-order chi connectivity index (χ0) is 32.3. The third kappa shape index (κ3) is 4.74. The molecule has 4 amide bonds. The predicted octanol–water partition coefficient (Wildman–Crippen LogP) is 3.63. The summed E-state index contributed by atoms with van der Waals surface area (Å²) in [6.07, 6.45) is 1.64. The van der Waals surface area contributed by atoms with Crippen molar-refractivity contribution >= 4 is 58.5 Å². The molecule has 13 heteroatoms. The number of aliphatic hydroxyl groups excluding tert-OH is 1. The van der Waals surface area contributed by atoms with Gasteiger partial charge >= 0.3 is 5.97 Å². The Bertz CT molecular complexity index is 1620. The number of allylic oxidation sites excluding steroid dienone is 2. The van der Waals surface area contributed by atoms with Crippen molar-refractivity contribution < 1.29 is 43.3 Å². The molecule has 2 aromatic carbocycles. The number of anilines is 1. The van der Waals surface area contributed by atoms with Gasteiger partial charge in [0.05, 0.1) is 24.1 Å². The van der Waals surface area contributed by atoms with Crippen molar-refractivity contribution in [1.29, 1.82) is 0 Å². The highest BCUT2D eigenvalue weighted by Gasteiger charge is 2.76. The molecule has 2 heterocycles. The van der Waals surface area contributed by atoms with Gasteiger partial charge in [0.15, 0.2) is 9.75 Å². The highest BCUT2D eigenvalue weighted by molar-refractivity contribution is 6.58. The van der Waals surface area contributed by atoms with E-state index in [0.717, 1.165) is 21.9 Å². The maximum atomic E-state index is 14.3. The van der Waals surface area contributed by atoms with E-state index < -0.39 is 68.8 Å². The number of aliphatic carboxylic acids is 1. The van der Waals surface area contributed by atoms with Crippen LogP contribution in [0, 0.1) is 23.6 Å². The van der Waals surface area contributed by atoms with Crippen LogP contribution < -0.4 is 9.64 Å². The molecule has 6 atom stereocenters. The average molecular weight is 659 g/mol. The van der Waals surface area contributed by atoms with Crippen molar-refractivity contribution in [2.24, 2.45) is 17.8 Å². The predicted molar refractivity (Wildman–Crippen MR) is 159 cm³/mol. The normalized spacial score (nSPS) is 30.6. The van der Waals surface area contributed by atoms with Crippen LogP contribution in [0.25, 0.3) is 0 Å². The van der Waals surface area contributed by atoms with Gasteiger partial charge in [0.2, 0.25) is 11.8 Å². The lowest BCUT2D eigenvalue weighted by Gasteiger charge is -2.50. The molecule has 2 aliphatic heterocycles. The summed E-state index contributed by atoms with van der Waals surface area (Å²) < 4.78 is 19.3. The first-order valence-corrected chi connectivity index (χ1v) is 15.3. The quantitative estimate of drug-likeness (QED) is 0.236. The Kier molecular flexibility index (Phi) is 7.99. The van der Waals surface area contributed by atoms with E-state index >= 15 is 0 Å². The summed E-state index contributed by atoms with van der Waals surface area (Å²) in [5, 5.41) is 18.2. The van der Waals surface area contributed by atoms with E-state index in [4.69, 9.17) is 38.2 Å². The van der Waals surface area contributed by atoms with E-state index in [2.05, 4.69) is 0 Å². The summed E-state index contributed by atoms with van der Waals surface area (Å²) in [5.74, 6) is -7.07. The van der Waals surface area contributed by atoms with Crippen LogP contribution >= 0.6 is 23.2 Å². The smallest absolute Gasteiger partial charge is 0.303 e. The summed E-state index contributed by atoms with van der Waals surface area (Å²) in [6.45, 7) is -0.196. The van der Waals surface area contributed by atoms with Crippen LogP contribution in [0.4, 0.5) is 10.1 Å². The van der Waals surface area contributed by atoms with Gasteiger partial charge in [-0.25, -0.2) is 9.29 Å². The molecule has 0 bridgehead atoms. The molecule has 3 fully saturated rings. The number of amides is 4. The van der Waals surface area contributed by atoms with E-state index in [1.807, 2.05) is 0 Å². The highest BCUT2D eigenvalue weighted by Crippen LogP contribution is 2.65. The zero-order valence-corrected chi connectivity index (χ0v) is 25.3. The second-order valence-corrected chi connectivity index (χ2v) is 13.0. The molecule has 4 aliphatic rings. The number of rotatable bonds is 9. The molecule has 2 N–H and O–H groups in total. The Balaban J connectivity index is 1.45. The first kappa shape index (κ1) is 31.2. The molecule has 0 radical (unpaired) electrons. The Hall–Kier alpha value is -3.80. The van der Waals surface area contributed by atoms with Crippen molar-refractivity contribution in [3.05, 3.63) is 71.6 Å². The van der Waals surface area contributed by atoms with E-state index in [-0.39, 0.29) is 51.1 Å². The molecule has 2 aliphatic carbocycles. The summed E-state index contributed by atoms with van der Waals surface area (Å²) >= 11 is 14.6. The molecule has 45 heavy (non-hydrogen) atoms. The molecular weight excluding hydrogens is 630 g/mol. The van der Waals surface area contributed by atoms with Gasteiger partial charge in [-0.2, -0.15) is 0 Å². The van der Waals surface area contributed by atoms with Crippen LogP contribution in [0.3, 0.4) is 0 Å². The average Bonchev–Trinajstić information content (AvgIpc) is 3.34. The lowest BCUT2D eigenvalue weighted by molar-refractivity contribution is -0.142. The molecule has 1 saturated carbocycles. The second-order valence-electron chi connectivity index (χ2n) is 11.7. The Morgan fingerprint density at radius 2 is 1.67 bits per heavy atom. The fourth-order valence-corrected chi connectivity index (χ4v) is 8.30. The van der Waals surface area contributed by atoms with Crippen LogP contribution in [0.15, 0.2) is 60.2 Å². The monoisotopic (exact) mass is 658 g/mol. The largest absolute Gasteiger partial charge is 0.491 e. The maximum Gasteiger partial charge on any atom is 0.303 e. The molecule has 6 rings (SSSR count). The SMILES string of the molecule is O=C(O)CCCN1C(=O)C2CC=C3C(CC4(Cl)C(=O)N(c5ccc(F)cc5)C(=O)C4(Cl)C3c3ccc(OCCO)cc3)C2C1=O. The van der Waals surface area contributed by atoms with Gasteiger partial charge in [-0.15, -0.1) is 23.2 Å². The van der Waals surface area contributed by atoms with Crippen molar-refractivity contribution in [1.82, 2.24) is 4.90 Å². The second kappa shape index (κ2) is 11.5. The van der Waals surface area contributed by atoms with Crippen molar-refractivity contribution in [3.63, 3.8) is 0 Å². The fraction of sp³-hybridized carbons (Fsp3) is 0.406. The van der Waals surface area contributed by atoms with Crippen molar-refractivity contribution in [3.8, 4) is 5.75 Å². The first-order chi connectivity index (χ1) is 21.4. The number of carboxylic acids is 1. The first-order valence-electron chi connectivity index (χ1n) is 14.6. The molecule has 6 unspecified atom stereocenters. The molecule has 236 valence electrons. The van der Waals surface area contributed by atoms with Crippen molar-refractivity contribution in [2.45, 2.75) is 41.3 Å². The van der Waals surface area contributed by atoms with E-state index in [1.165, 1.54) is 12.1 Å². The minimum absolute atomic E-state index is 0.0566. The number of ether oxygens (including phenoxy) is 1. The van der Waals surface area contributed by atoms with E-state index in [1.54, 1.807) is 30.3 Å². The lowest BCUT2D eigenvalue weighted by atomic mass is 9.56. The van der Waals surface area contributed by atoms with Crippen LogP contribution in [0.5, 0.6) is 5.75 Å². The van der Waals surface area contributed by atoms with E-state index in [0.29, 0.717) is 16.9 Å². The fourth-order valence-electron chi connectivity index (χ4n) is 7.37. The third-order valence-corrected chi connectivity index (χ3v) is 10.7. The van der Waals surface area contributed by atoms with Gasteiger partial charge < -0.3 is 14.9 Å². The molecule has 2 aromatic rings. The summed E-state index contributed by atoms with van der Waals surface area (Å²) in [4.78, 5) is 64.7. The summed E-state index contributed by atoms with van der Waals surface area (Å²) in [5.41, 5.74) is 1.19. The van der Waals surface area contributed by atoms with E-state index in [9.17, 15) is 28.4 Å². The minimum Gasteiger partial charge on any atom is -0.491 e. The summed E-state index contributed by atoms with van der Waals surface area (Å²) in [7, 11) is 0. The molecular formula is C32H29Cl2FN2O8. The van der Waals surface area contributed by atoms with Gasteiger partial charge in [-0.05, 0) is 67.1 Å². The van der Waals surface area contributed by atoms with Gasteiger partial charge in [-0.1, -0.05) is 23.8 Å². The van der Waals surface area contributed by atoms with Crippen molar-refractivity contribution in [2.75, 3.05) is 24.7 Å². The number of carboxylic acid groups (broad SMARTS) is 1. The number of likely N-dealkylation sites (tertiary alicyclic amines) is 1. The number of hydrogen-bond donors (Lipinski definition) is 2. The van der Waals surface area contributed by atoms with Crippen LogP contribution in [-0.4, -0.2) is 74.2 Å². The zero-order valence-electron chi connectivity index (χ0n) is 23.8. The number of hydrogen-bond acceptors (Lipinski definition) is 7. The molecule has 10 nitrogen and oxygen atoms in total. The Morgan fingerprint density at radius 3 is 2.31 bits per heavy atom. The molecule has 0 spiro atoms. The van der Waals surface area contributed by atoms with Gasteiger partial charge in [0, 0.05) is 18.9 Å². The van der Waals surface area contributed by atoms with Gasteiger partial charge in [-0.3, -0.25) is 28.9 Å². The minimum atomic E-state index is -2.06. The number of halogens is 3. The number of carbonyl (C=O) groups is 5. The molecule has 2 saturated heterocycles. The maximum absolute atomic E-state index is 14.3. The lowest BCUT2D eigenvalue weighted by Crippen LogP contribution is -2.60. The standard InChI is InChI=1S/C32H29Cl2FN2O8/c33-31-16-23-21(11-12-22-25(23)28(42)36(27(22)41)13-1-2-24(39)40)26(17-3-9-20(10-4-17)45-15-14-38)32(31,34)30(44)37(29(31)43)19-7-5-18(35)6-8-19/h3-11,22-23,25-26,38H,1-2,12-16H2,(H,39,40). The number of fused-ring (bicyclic) bond motifs is 4. The topological polar surface area (TPSA) is 142 Å². The van der Waals surface area contributed by atoms with Crippen LogP contribution in [0.2, 0.25) is 0 Å². The van der Waals surface area contributed by atoms with Gasteiger partial charge in [0.25, 0.3) is 11.8 Å². The number of aliphatic hydroxyl groups is 1. The third-order valence-electron chi connectivity index (χ3n) is 9.33. The Labute approximate surface area is 267 Å². The highest BCUT2D eigenvalue weighted by atomic mass is 35.5. The number of alkyl halides is 2. The van der Waals surface area contributed by atoms with Crippen LogP contribution in [0.1, 0.15) is 37.2 Å². The van der Waals surface area contributed by atoms with Gasteiger partial charge in [0.1, 0.15) is 18.2 Å². The van der Waals surface area contributed by atoms with Crippen LogP contribution in [-0.2, 0) is 24.0 Å². The number of carbonyl (C=O) groups excluding carboxylic acids is 4. The number of benzene rings is 2. The summed E-state index contributed by atoms with van der Waals surface area (Å²) in [6, 6.07) is 11.4.